The summed E-state index contributed by atoms with van der Waals surface area (Å²) in [5.41, 5.74) is 10.0. The second kappa shape index (κ2) is 6.15. The molecule has 2 amide bonds. The molecule has 1 fully saturated rings. The van der Waals surface area contributed by atoms with Gasteiger partial charge < -0.3 is 22.1 Å². The Morgan fingerprint density at radius 1 is 1.39 bits per heavy atom. The van der Waals surface area contributed by atoms with E-state index >= 15 is 0 Å². The first-order valence-corrected chi connectivity index (χ1v) is 6.43. The third-order valence-electron chi connectivity index (χ3n) is 3.51. The van der Waals surface area contributed by atoms with Crippen molar-refractivity contribution in [3.05, 3.63) is 0 Å². The van der Waals surface area contributed by atoms with Gasteiger partial charge in [-0.2, -0.15) is 0 Å². The van der Waals surface area contributed by atoms with Gasteiger partial charge in [0, 0.05) is 6.04 Å². The van der Waals surface area contributed by atoms with Crippen LogP contribution in [0.5, 0.6) is 0 Å². The van der Waals surface area contributed by atoms with E-state index < -0.39 is 5.54 Å². The average molecular weight is 256 g/mol. The Morgan fingerprint density at radius 2 is 2.00 bits per heavy atom. The van der Waals surface area contributed by atoms with E-state index in [-0.39, 0.29) is 17.9 Å². The van der Waals surface area contributed by atoms with Crippen LogP contribution in [0.25, 0.3) is 0 Å². The molecule has 18 heavy (non-hydrogen) atoms. The van der Waals surface area contributed by atoms with Gasteiger partial charge in [-0.05, 0) is 46.1 Å². The molecular formula is C12H24N4O2. The lowest BCUT2D eigenvalue weighted by Gasteiger charge is -2.28. The van der Waals surface area contributed by atoms with Crippen molar-refractivity contribution in [1.82, 2.24) is 10.6 Å². The Hall–Kier alpha value is -1.14. The molecule has 0 saturated heterocycles. The quantitative estimate of drug-likeness (QED) is 0.434. The lowest BCUT2D eigenvalue weighted by molar-refractivity contribution is -0.124. The molecule has 2 unspecified atom stereocenters. The summed E-state index contributed by atoms with van der Waals surface area (Å²) in [5.74, 6) is -0.706. The largest absolute Gasteiger partial charge is 0.368 e. The van der Waals surface area contributed by atoms with Gasteiger partial charge in [-0.15, -0.1) is 0 Å². The molecular weight excluding hydrogens is 232 g/mol. The smallest absolute Gasteiger partial charge is 0.237 e. The third-order valence-corrected chi connectivity index (χ3v) is 3.51. The average Bonchev–Trinajstić information content (AvgIpc) is 3.07. The van der Waals surface area contributed by atoms with Gasteiger partial charge in [0.05, 0.1) is 11.6 Å². The molecule has 0 spiro atoms. The van der Waals surface area contributed by atoms with Crippen molar-refractivity contribution in [3.8, 4) is 0 Å². The van der Waals surface area contributed by atoms with Crippen LogP contribution in [0.4, 0.5) is 0 Å². The van der Waals surface area contributed by atoms with Gasteiger partial charge in [0.15, 0.2) is 0 Å². The zero-order chi connectivity index (χ0) is 13.8. The second-order valence-corrected chi connectivity index (χ2v) is 5.25. The summed E-state index contributed by atoms with van der Waals surface area (Å²) >= 11 is 0. The second-order valence-electron chi connectivity index (χ2n) is 5.25. The molecule has 0 aromatic heterocycles. The van der Waals surface area contributed by atoms with E-state index in [1.54, 1.807) is 7.05 Å². The van der Waals surface area contributed by atoms with Gasteiger partial charge in [0.1, 0.15) is 0 Å². The highest BCUT2D eigenvalue weighted by Crippen LogP contribution is 2.25. The molecule has 1 aliphatic rings. The van der Waals surface area contributed by atoms with Gasteiger partial charge >= 0.3 is 0 Å². The van der Waals surface area contributed by atoms with E-state index in [1.165, 1.54) is 0 Å². The molecule has 6 nitrogen and oxygen atoms in total. The van der Waals surface area contributed by atoms with Crippen LogP contribution in [0.3, 0.4) is 0 Å². The number of nitrogens with one attached hydrogen (secondary N) is 2. The van der Waals surface area contributed by atoms with Gasteiger partial charge in [0.2, 0.25) is 11.8 Å². The number of primary amides is 2. The fourth-order valence-electron chi connectivity index (χ4n) is 2.03. The Labute approximate surface area is 108 Å². The standard InChI is InChI=1S/C12H24N4O2/c1-12(11(14)18,16-8-5-6-8)7-3-4-9(15-2)10(13)17/h8-9,15-16H,3-7H2,1-2H3,(H2,13,17)(H2,14,18). The van der Waals surface area contributed by atoms with Crippen molar-refractivity contribution >= 4 is 11.8 Å². The van der Waals surface area contributed by atoms with E-state index in [0.29, 0.717) is 25.3 Å². The van der Waals surface area contributed by atoms with Crippen molar-refractivity contribution in [1.29, 1.82) is 0 Å². The molecule has 1 rings (SSSR count). The molecule has 0 heterocycles. The minimum absolute atomic E-state index is 0.338. The predicted octanol–water partition coefficient (Wildman–Crippen LogP) is -0.774. The van der Waals surface area contributed by atoms with E-state index in [1.807, 2.05) is 6.92 Å². The van der Waals surface area contributed by atoms with Crippen molar-refractivity contribution in [2.24, 2.45) is 11.5 Å². The number of amides is 2. The van der Waals surface area contributed by atoms with Crippen molar-refractivity contribution in [3.63, 3.8) is 0 Å². The van der Waals surface area contributed by atoms with Crippen molar-refractivity contribution in [2.75, 3.05) is 7.05 Å². The highest BCUT2D eigenvalue weighted by Gasteiger charge is 2.36. The van der Waals surface area contributed by atoms with E-state index in [9.17, 15) is 9.59 Å². The molecule has 2 atom stereocenters. The Balaban J connectivity index is 2.41. The number of carbonyl (C=O) groups is 2. The predicted molar refractivity (Wildman–Crippen MR) is 69.7 cm³/mol. The van der Waals surface area contributed by atoms with Gasteiger partial charge in [-0.3, -0.25) is 9.59 Å². The van der Waals surface area contributed by atoms with Crippen LogP contribution in [-0.4, -0.2) is 36.5 Å². The summed E-state index contributed by atoms with van der Waals surface area (Å²) in [4.78, 5) is 22.6. The summed E-state index contributed by atoms with van der Waals surface area (Å²) < 4.78 is 0. The first-order valence-electron chi connectivity index (χ1n) is 6.43. The first-order chi connectivity index (χ1) is 8.39. The summed E-state index contributed by atoms with van der Waals surface area (Å²) in [6.07, 6.45) is 4.14. The monoisotopic (exact) mass is 256 g/mol. The van der Waals surface area contributed by atoms with Gasteiger partial charge in [-0.25, -0.2) is 0 Å². The molecule has 0 aromatic rings. The molecule has 0 radical (unpaired) electrons. The van der Waals surface area contributed by atoms with Crippen LogP contribution < -0.4 is 22.1 Å². The highest BCUT2D eigenvalue weighted by atomic mass is 16.2. The Kier molecular flexibility index (Phi) is 5.10. The number of hydrogen-bond acceptors (Lipinski definition) is 4. The molecule has 6 N–H and O–H groups in total. The van der Waals surface area contributed by atoms with E-state index in [4.69, 9.17) is 11.5 Å². The number of carbonyl (C=O) groups excluding carboxylic acids is 2. The van der Waals surface area contributed by atoms with Gasteiger partial charge in [-0.1, -0.05) is 0 Å². The number of likely N-dealkylation sites (N-methyl/N-ethyl adjacent to an activating group) is 1. The zero-order valence-corrected chi connectivity index (χ0v) is 11.2. The van der Waals surface area contributed by atoms with Gasteiger partial charge in [0.25, 0.3) is 0 Å². The van der Waals surface area contributed by atoms with Crippen molar-refractivity contribution in [2.45, 2.75) is 56.7 Å². The SMILES string of the molecule is CNC(CCCC(C)(NC1CC1)C(N)=O)C(N)=O. The number of nitrogens with two attached hydrogens (primary N) is 2. The van der Waals surface area contributed by atoms with E-state index in [2.05, 4.69) is 10.6 Å². The topological polar surface area (TPSA) is 110 Å². The van der Waals surface area contributed by atoms with Crippen LogP contribution in [0.15, 0.2) is 0 Å². The Morgan fingerprint density at radius 3 is 2.39 bits per heavy atom. The van der Waals surface area contributed by atoms with Crippen LogP contribution in [0.1, 0.15) is 39.0 Å². The fraction of sp³-hybridized carbons (Fsp3) is 0.833. The maximum Gasteiger partial charge on any atom is 0.237 e. The number of rotatable bonds is 9. The summed E-state index contributed by atoms with van der Waals surface area (Å²) in [6.45, 7) is 1.83. The van der Waals surface area contributed by atoms with Crippen LogP contribution in [-0.2, 0) is 9.59 Å². The zero-order valence-electron chi connectivity index (χ0n) is 11.2. The minimum Gasteiger partial charge on any atom is -0.368 e. The first kappa shape index (κ1) is 14.9. The number of hydrogen-bond donors (Lipinski definition) is 4. The summed E-state index contributed by atoms with van der Waals surface area (Å²) in [7, 11) is 1.70. The molecule has 0 aromatic carbocycles. The lowest BCUT2D eigenvalue weighted by Crippen LogP contribution is -2.54. The summed E-state index contributed by atoms with van der Waals surface area (Å²) in [6, 6.07) is 0.0711. The fourth-order valence-corrected chi connectivity index (χ4v) is 2.03. The maximum absolute atomic E-state index is 11.5. The third kappa shape index (κ3) is 4.27. The van der Waals surface area contributed by atoms with Crippen LogP contribution in [0, 0.1) is 0 Å². The molecule has 1 aliphatic carbocycles. The van der Waals surface area contributed by atoms with Crippen LogP contribution >= 0.6 is 0 Å². The maximum atomic E-state index is 11.5. The summed E-state index contributed by atoms with van der Waals surface area (Å²) in [5, 5.41) is 6.14. The normalized spacial score (nSPS) is 20.1. The molecule has 104 valence electrons. The van der Waals surface area contributed by atoms with E-state index in [0.717, 1.165) is 12.8 Å². The minimum atomic E-state index is -0.683. The molecule has 0 bridgehead atoms. The van der Waals surface area contributed by atoms with Crippen molar-refractivity contribution < 1.29 is 9.59 Å². The lowest BCUT2D eigenvalue weighted by atomic mass is 9.92. The molecule has 1 saturated carbocycles. The Bertz CT molecular complexity index is 317. The molecule has 6 heteroatoms. The van der Waals surface area contributed by atoms with Crippen LogP contribution in [0.2, 0.25) is 0 Å². The highest BCUT2D eigenvalue weighted by molar-refractivity contribution is 5.84. The molecule has 0 aliphatic heterocycles.